The van der Waals surface area contributed by atoms with E-state index < -0.39 is 44.8 Å². The maximum Gasteiger partial charge on any atom is 0.330 e. The number of carbonyl (C=O) groups excluding carboxylic acids is 1. The number of hydrogen-bond acceptors (Lipinski definition) is 9. The molecule has 1 aliphatic heterocycles. The second-order valence-corrected chi connectivity index (χ2v) is 23.9. The molecule has 1 heterocycles. The van der Waals surface area contributed by atoms with Crippen LogP contribution in [0, 0.1) is 0 Å². The Morgan fingerprint density at radius 3 is 1.62 bits per heavy atom. The zero-order chi connectivity index (χ0) is 50.9. The van der Waals surface area contributed by atoms with Gasteiger partial charge in [-0.25, -0.2) is 4.79 Å². The fourth-order valence-electron chi connectivity index (χ4n) is 9.57. The van der Waals surface area contributed by atoms with Crippen LogP contribution in [0.5, 0.6) is 5.75 Å². The lowest BCUT2D eigenvalue weighted by atomic mass is 9.89. The highest BCUT2D eigenvalue weighted by Crippen LogP contribution is 2.40. The first-order valence-electron chi connectivity index (χ1n) is 25.2. The van der Waals surface area contributed by atoms with Crippen LogP contribution in [0.3, 0.4) is 0 Å². The van der Waals surface area contributed by atoms with E-state index in [2.05, 4.69) is 63.2 Å². The maximum atomic E-state index is 13.6. The van der Waals surface area contributed by atoms with Crippen LogP contribution in [0.15, 0.2) is 194 Å². The number of rotatable bonds is 24. The van der Waals surface area contributed by atoms with Gasteiger partial charge in [0.2, 0.25) is 0 Å². The highest BCUT2D eigenvalue weighted by atomic mass is 35.5. The van der Waals surface area contributed by atoms with Crippen LogP contribution in [0.1, 0.15) is 67.2 Å². The van der Waals surface area contributed by atoms with Crippen LogP contribution in [-0.2, 0) is 63.9 Å². The van der Waals surface area contributed by atoms with E-state index in [0.29, 0.717) is 37.9 Å². The smallest absolute Gasteiger partial charge is 0.330 e. The molecule has 9 nitrogen and oxygen atoms in total. The van der Waals surface area contributed by atoms with E-state index in [1.165, 1.54) is 0 Å². The molecular weight excluding hydrogens is 952 g/mol. The van der Waals surface area contributed by atoms with Crippen molar-refractivity contribution in [3.63, 3.8) is 0 Å². The number of halogens is 1. The fourth-order valence-corrected chi connectivity index (χ4v) is 14.2. The van der Waals surface area contributed by atoms with Gasteiger partial charge in [0.05, 0.1) is 39.6 Å². The van der Waals surface area contributed by atoms with Crippen molar-refractivity contribution in [3.05, 3.63) is 233 Å². The summed E-state index contributed by atoms with van der Waals surface area (Å²) >= 11 is 6.98. The Hall–Kier alpha value is -5.92. The number of hydrogen-bond donors (Lipinski definition) is 0. The summed E-state index contributed by atoms with van der Waals surface area (Å²) in [5, 5.41) is 2.51. The molecule has 0 saturated carbocycles. The van der Waals surface area contributed by atoms with Gasteiger partial charge in [0.25, 0.3) is 8.32 Å². The van der Waals surface area contributed by atoms with Crippen molar-refractivity contribution in [2.75, 3.05) is 33.0 Å². The first-order chi connectivity index (χ1) is 35.6. The predicted molar refractivity (Wildman–Crippen MR) is 290 cm³/mol. The summed E-state index contributed by atoms with van der Waals surface area (Å²) in [6, 6.07) is 64.8. The van der Waals surface area contributed by atoms with Gasteiger partial charge in [-0.15, -0.1) is 0 Å². The summed E-state index contributed by atoms with van der Waals surface area (Å²) in [4.78, 5) is 13.6. The molecule has 0 unspecified atom stereocenters. The van der Waals surface area contributed by atoms with Crippen LogP contribution in [0.25, 0.3) is 0 Å². The molecule has 7 aromatic carbocycles. The van der Waals surface area contributed by atoms with Gasteiger partial charge >= 0.3 is 5.97 Å². The zero-order valence-corrected chi connectivity index (χ0v) is 44.0. The number of ether oxygens (including phenoxy) is 7. The van der Waals surface area contributed by atoms with E-state index in [4.69, 9.17) is 49.2 Å². The van der Waals surface area contributed by atoms with Gasteiger partial charge in [-0.2, -0.15) is 0 Å². The summed E-state index contributed by atoms with van der Waals surface area (Å²) in [5.41, 5.74) is 5.91. The van der Waals surface area contributed by atoms with E-state index in [-0.39, 0.29) is 31.5 Å². The van der Waals surface area contributed by atoms with Crippen molar-refractivity contribution < 1.29 is 42.4 Å². The Bertz CT molecular complexity index is 2690. The molecule has 73 heavy (non-hydrogen) atoms. The third-order valence-electron chi connectivity index (χ3n) is 13.1. The summed E-state index contributed by atoms with van der Waals surface area (Å²) in [6.45, 7) is 10.0. The zero-order valence-electron chi connectivity index (χ0n) is 42.3. The minimum atomic E-state index is -2.96. The van der Waals surface area contributed by atoms with Crippen LogP contribution in [0.4, 0.5) is 0 Å². The molecule has 0 bridgehead atoms. The van der Waals surface area contributed by atoms with E-state index in [1.54, 1.807) is 0 Å². The third kappa shape index (κ3) is 14.2. The average molecular weight is 1020 g/mol. The number of carbonyl (C=O) groups is 1. The minimum absolute atomic E-state index is 0.0114. The highest BCUT2D eigenvalue weighted by Gasteiger charge is 2.51. The summed E-state index contributed by atoms with van der Waals surface area (Å²) in [7, 11) is -2.96. The van der Waals surface area contributed by atoms with Gasteiger partial charge in [-0.05, 0) is 80.3 Å². The molecule has 0 aliphatic carbocycles. The van der Waals surface area contributed by atoms with Gasteiger partial charge < -0.3 is 37.6 Å². The highest BCUT2D eigenvalue weighted by molar-refractivity contribution is 6.99. The molecule has 0 N–H and O–H groups in total. The topological polar surface area (TPSA) is 90.9 Å². The predicted octanol–water partition coefficient (Wildman–Crippen LogP) is 11.7. The Kier molecular flexibility index (Phi) is 19.3. The van der Waals surface area contributed by atoms with E-state index in [0.717, 1.165) is 49.5 Å². The van der Waals surface area contributed by atoms with Gasteiger partial charge in [0.1, 0.15) is 49.5 Å². The Morgan fingerprint density at radius 2 is 1.10 bits per heavy atom. The van der Waals surface area contributed by atoms with Crippen LogP contribution in [-0.4, -0.2) is 71.7 Å². The second-order valence-electron chi connectivity index (χ2n) is 19.2. The quantitative estimate of drug-likeness (QED) is 0.0333. The van der Waals surface area contributed by atoms with Crippen LogP contribution >= 0.6 is 11.6 Å². The molecule has 0 spiro atoms. The first kappa shape index (κ1) is 53.4. The summed E-state index contributed by atoms with van der Waals surface area (Å²) < 4.78 is 53.0. The molecule has 1 saturated heterocycles. The van der Waals surface area contributed by atoms with Crippen molar-refractivity contribution in [1.29, 1.82) is 0 Å². The SMILES string of the molecule is CCOc1ccc(Cc2cc([C@@H]3O[C@H](COCCOC(=O)CO[Si](c4ccccc4)(c4ccccc4)C(C)(C)C)[C@@H](OCc4ccccc4)[C@H](OCc4ccccc4)[C@H]3OCc3ccccc3)ccc2Cl)cc1. The Morgan fingerprint density at radius 1 is 0.589 bits per heavy atom. The van der Waals surface area contributed by atoms with Crippen molar-refractivity contribution in [2.45, 2.75) is 89.5 Å². The number of esters is 1. The second kappa shape index (κ2) is 26.3. The van der Waals surface area contributed by atoms with Gasteiger partial charge in [0, 0.05) is 5.02 Å². The van der Waals surface area contributed by atoms with Crippen molar-refractivity contribution >= 4 is 36.3 Å². The lowest BCUT2D eigenvalue weighted by Crippen LogP contribution is -2.67. The molecule has 0 amide bonds. The first-order valence-corrected chi connectivity index (χ1v) is 27.5. The molecule has 8 rings (SSSR count). The monoisotopic (exact) mass is 1020 g/mol. The van der Waals surface area contributed by atoms with Gasteiger partial charge in [0.15, 0.2) is 0 Å². The van der Waals surface area contributed by atoms with Crippen molar-refractivity contribution in [1.82, 2.24) is 0 Å². The maximum absolute atomic E-state index is 13.6. The van der Waals surface area contributed by atoms with Crippen molar-refractivity contribution in [3.8, 4) is 5.75 Å². The standard InChI is InChI=1S/C62H67ClO9Si/c1-5-66-52-34-31-46(32-35-52)39-51-40-50(33-36-55(51)63)58-60(69-42-48-23-13-7-14-24-48)61(70-43-49-25-15-8-16-26-49)59(68-41-47-21-11-6-12-22-47)56(72-58)44-65-37-38-67-57(64)45-71-73(62(2,3)4,53-27-17-9-18-28-53)54-29-19-10-20-30-54/h6-36,40,56,58-61H,5,37-39,41-45H2,1-4H3/t56-,58+,59-,60+,61+/m1/s1. The molecule has 7 aromatic rings. The Labute approximate surface area is 437 Å². The average Bonchev–Trinajstić information content (AvgIpc) is 3.41. The largest absolute Gasteiger partial charge is 0.494 e. The fraction of sp³-hybridized carbons (Fsp3) is 0.306. The van der Waals surface area contributed by atoms with Crippen LogP contribution < -0.4 is 15.1 Å². The molecule has 5 atom stereocenters. The summed E-state index contributed by atoms with van der Waals surface area (Å²) in [5.74, 6) is 0.351. The van der Waals surface area contributed by atoms with E-state index >= 15 is 0 Å². The van der Waals surface area contributed by atoms with E-state index in [1.807, 2.05) is 159 Å². The molecule has 11 heteroatoms. The molecule has 0 radical (unpaired) electrons. The van der Waals surface area contributed by atoms with Gasteiger partial charge in [-0.3, -0.25) is 0 Å². The normalized spacial score (nSPS) is 18.0. The molecule has 380 valence electrons. The number of benzene rings is 7. The molecule has 1 aliphatic rings. The van der Waals surface area contributed by atoms with Crippen LogP contribution in [0.2, 0.25) is 10.1 Å². The molecule has 0 aromatic heterocycles. The lowest BCUT2D eigenvalue weighted by Gasteiger charge is -2.46. The van der Waals surface area contributed by atoms with E-state index in [9.17, 15) is 4.79 Å². The minimum Gasteiger partial charge on any atom is -0.494 e. The Balaban J connectivity index is 1.05. The lowest BCUT2D eigenvalue weighted by molar-refractivity contribution is -0.274. The third-order valence-corrected chi connectivity index (χ3v) is 18.5. The summed E-state index contributed by atoms with van der Waals surface area (Å²) in [6.07, 6.45) is -2.63. The molecular formula is C62H67ClO9Si. The molecule has 1 fully saturated rings. The van der Waals surface area contributed by atoms with Crippen molar-refractivity contribution in [2.24, 2.45) is 0 Å². The van der Waals surface area contributed by atoms with Gasteiger partial charge in [-0.1, -0.05) is 208 Å².